The van der Waals surface area contributed by atoms with Crippen LogP contribution in [0.3, 0.4) is 0 Å². The highest BCUT2D eigenvalue weighted by Gasteiger charge is 2.27. The lowest BCUT2D eigenvalue weighted by Gasteiger charge is -2.20. The van der Waals surface area contributed by atoms with Gasteiger partial charge in [-0.2, -0.15) is 0 Å². The zero-order valence-electron chi connectivity index (χ0n) is 33.5. The quantitative estimate of drug-likeness (QED) is 0.0238. The van der Waals surface area contributed by atoms with E-state index in [1.54, 1.807) is 0 Å². The maximum Gasteiger partial charge on any atom is 0.472 e. The van der Waals surface area contributed by atoms with Crippen molar-refractivity contribution in [1.29, 1.82) is 0 Å². The Kier molecular flexibility index (Phi) is 37.2. The molecule has 10 nitrogen and oxygen atoms in total. The third-order valence-corrected chi connectivity index (χ3v) is 9.72. The molecule has 0 saturated carbocycles. The molecule has 0 aromatic carbocycles. The number of unbranched alkanes of at least 4 members (excludes halogenated alkanes) is 19. The summed E-state index contributed by atoms with van der Waals surface area (Å²) in [5, 5.41) is 18.3. The Morgan fingerprint density at radius 1 is 0.566 bits per heavy atom. The summed E-state index contributed by atoms with van der Waals surface area (Å²) in [5.41, 5.74) is 0. The molecule has 0 spiro atoms. The zero-order chi connectivity index (χ0) is 39.1. The van der Waals surface area contributed by atoms with E-state index >= 15 is 0 Å². The number of phosphoric ester groups is 1. The van der Waals surface area contributed by atoms with Gasteiger partial charge in [-0.25, -0.2) is 4.57 Å². The molecule has 0 aromatic rings. The number of ether oxygens (including phenoxy) is 2. The van der Waals surface area contributed by atoms with Gasteiger partial charge in [-0.15, -0.1) is 0 Å². The molecule has 310 valence electrons. The minimum Gasteiger partial charge on any atom is -0.462 e. The predicted molar refractivity (Wildman–Crippen MR) is 214 cm³/mol. The third-order valence-electron chi connectivity index (χ3n) is 8.77. The number of hydrogen-bond donors (Lipinski definition) is 3. The highest BCUT2D eigenvalue weighted by molar-refractivity contribution is 7.47. The lowest BCUT2D eigenvalue weighted by atomic mass is 10.1. The van der Waals surface area contributed by atoms with Crippen molar-refractivity contribution in [2.75, 3.05) is 26.4 Å². The van der Waals surface area contributed by atoms with E-state index in [0.717, 1.165) is 38.5 Å². The molecule has 0 rings (SSSR count). The number of carbonyl (C=O) groups excluding carboxylic acids is 2. The number of aliphatic hydroxyl groups is 2. The molecule has 53 heavy (non-hydrogen) atoms. The van der Waals surface area contributed by atoms with Crippen LogP contribution in [0.2, 0.25) is 0 Å². The summed E-state index contributed by atoms with van der Waals surface area (Å²) in [6, 6.07) is 0. The minimum absolute atomic E-state index is 0.118. The van der Waals surface area contributed by atoms with Crippen LogP contribution >= 0.6 is 7.82 Å². The van der Waals surface area contributed by atoms with E-state index in [9.17, 15) is 24.2 Å². The van der Waals surface area contributed by atoms with Gasteiger partial charge in [-0.1, -0.05) is 140 Å². The highest BCUT2D eigenvalue weighted by Crippen LogP contribution is 2.43. The van der Waals surface area contributed by atoms with E-state index in [0.29, 0.717) is 19.3 Å². The van der Waals surface area contributed by atoms with Gasteiger partial charge in [0.1, 0.15) is 12.7 Å². The van der Waals surface area contributed by atoms with Gasteiger partial charge in [-0.05, 0) is 64.2 Å². The molecule has 0 amide bonds. The molecule has 11 heteroatoms. The summed E-state index contributed by atoms with van der Waals surface area (Å²) in [7, 11) is -4.63. The Hall–Kier alpha value is -1.81. The fraction of sp³-hybridized carbons (Fsp3) is 0.810. The maximum absolute atomic E-state index is 12.6. The second-order valence-corrected chi connectivity index (χ2v) is 15.5. The lowest BCUT2D eigenvalue weighted by molar-refractivity contribution is -0.161. The summed E-state index contributed by atoms with van der Waals surface area (Å²) in [5.74, 6) is -0.996. The van der Waals surface area contributed by atoms with Gasteiger partial charge >= 0.3 is 19.8 Å². The van der Waals surface area contributed by atoms with E-state index < -0.39 is 51.8 Å². The predicted octanol–water partition coefficient (Wildman–Crippen LogP) is 10.8. The summed E-state index contributed by atoms with van der Waals surface area (Å²) < 4.78 is 32.6. The number of allylic oxidation sites excluding steroid dienone is 6. The fourth-order valence-electron chi connectivity index (χ4n) is 5.50. The van der Waals surface area contributed by atoms with E-state index in [2.05, 4.69) is 48.8 Å². The van der Waals surface area contributed by atoms with Gasteiger partial charge in [0.05, 0.1) is 19.8 Å². The first kappa shape index (κ1) is 51.2. The van der Waals surface area contributed by atoms with Gasteiger partial charge in [0, 0.05) is 12.8 Å². The van der Waals surface area contributed by atoms with Crippen LogP contribution < -0.4 is 0 Å². The molecule has 3 atom stereocenters. The number of hydrogen-bond acceptors (Lipinski definition) is 9. The fourth-order valence-corrected chi connectivity index (χ4v) is 6.29. The van der Waals surface area contributed by atoms with Crippen molar-refractivity contribution in [3.05, 3.63) is 36.5 Å². The van der Waals surface area contributed by atoms with Crippen molar-refractivity contribution in [3.63, 3.8) is 0 Å². The Balaban J connectivity index is 4.40. The average Bonchev–Trinajstić information content (AvgIpc) is 3.14. The third kappa shape index (κ3) is 38.3. The van der Waals surface area contributed by atoms with Crippen molar-refractivity contribution in [2.24, 2.45) is 0 Å². The van der Waals surface area contributed by atoms with Crippen LogP contribution in [0, 0.1) is 0 Å². The minimum atomic E-state index is -4.63. The van der Waals surface area contributed by atoms with Crippen molar-refractivity contribution < 1.29 is 47.8 Å². The number of phosphoric acid groups is 1. The van der Waals surface area contributed by atoms with Crippen LogP contribution in [-0.2, 0) is 32.7 Å². The van der Waals surface area contributed by atoms with Gasteiger partial charge < -0.3 is 24.6 Å². The number of carbonyl (C=O) groups is 2. The smallest absolute Gasteiger partial charge is 0.462 e. The largest absolute Gasteiger partial charge is 0.472 e. The molecule has 0 aliphatic carbocycles. The van der Waals surface area contributed by atoms with Gasteiger partial charge in [0.15, 0.2) is 6.10 Å². The first-order chi connectivity index (χ1) is 25.7. The molecule has 0 saturated heterocycles. The number of aliphatic hydroxyl groups excluding tert-OH is 2. The van der Waals surface area contributed by atoms with E-state index in [1.807, 2.05) is 6.08 Å². The van der Waals surface area contributed by atoms with E-state index in [1.165, 1.54) is 96.3 Å². The van der Waals surface area contributed by atoms with Crippen LogP contribution in [0.15, 0.2) is 36.5 Å². The van der Waals surface area contributed by atoms with Crippen molar-refractivity contribution in [3.8, 4) is 0 Å². The van der Waals surface area contributed by atoms with Crippen LogP contribution in [0.5, 0.6) is 0 Å². The lowest BCUT2D eigenvalue weighted by Crippen LogP contribution is -2.29. The van der Waals surface area contributed by atoms with Gasteiger partial charge in [0.25, 0.3) is 0 Å². The summed E-state index contributed by atoms with van der Waals surface area (Å²) in [4.78, 5) is 34.9. The maximum atomic E-state index is 12.6. The average molecular weight is 773 g/mol. The normalized spacial score (nSPS) is 14.3. The molecule has 0 heterocycles. The highest BCUT2D eigenvalue weighted by atomic mass is 31.2. The second kappa shape index (κ2) is 38.5. The summed E-state index contributed by atoms with van der Waals surface area (Å²) in [6.07, 6.45) is 38.4. The standard InChI is InChI=1S/C42H77O10P/c1-3-5-7-9-11-13-15-17-18-19-20-22-24-26-28-30-32-34-42(46)52-40(38-51-53(47,48)50-36-39(44)35-43)37-49-41(45)33-31-29-27-25-23-21-16-14-12-10-8-6-4-2/h20-23,26,28,39-40,43-44H,3-19,24-25,27,29-38H2,1-2H3,(H,47,48)/b22-20+,23-21+,28-26+/t39-,40+/m0/s1. The molecule has 0 fully saturated rings. The zero-order valence-corrected chi connectivity index (χ0v) is 34.4. The molecule has 0 bridgehead atoms. The van der Waals surface area contributed by atoms with Crippen molar-refractivity contribution in [1.82, 2.24) is 0 Å². The van der Waals surface area contributed by atoms with E-state index in [-0.39, 0.29) is 19.4 Å². The molecule has 3 N–H and O–H groups in total. The molecule has 0 aliphatic heterocycles. The van der Waals surface area contributed by atoms with Crippen LogP contribution in [0.1, 0.15) is 181 Å². The van der Waals surface area contributed by atoms with E-state index in [4.69, 9.17) is 19.1 Å². The molecule has 0 aliphatic rings. The van der Waals surface area contributed by atoms with Crippen LogP contribution in [-0.4, -0.2) is 65.7 Å². The van der Waals surface area contributed by atoms with Crippen LogP contribution in [0.4, 0.5) is 0 Å². The topological polar surface area (TPSA) is 149 Å². The van der Waals surface area contributed by atoms with Gasteiger partial charge in [-0.3, -0.25) is 18.6 Å². The monoisotopic (exact) mass is 773 g/mol. The molecular formula is C42H77O10P. The molecular weight excluding hydrogens is 695 g/mol. The molecule has 0 radical (unpaired) electrons. The number of esters is 2. The van der Waals surface area contributed by atoms with Crippen molar-refractivity contribution in [2.45, 2.75) is 193 Å². The number of rotatable bonds is 39. The van der Waals surface area contributed by atoms with Crippen LogP contribution in [0.25, 0.3) is 0 Å². The Bertz CT molecular complexity index is 983. The summed E-state index contributed by atoms with van der Waals surface area (Å²) in [6.45, 7) is 2.30. The Labute approximate surface area is 322 Å². The molecule has 0 aromatic heterocycles. The van der Waals surface area contributed by atoms with Crippen molar-refractivity contribution >= 4 is 19.8 Å². The first-order valence-corrected chi connectivity index (χ1v) is 22.4. The molecule has 1 unspecified atom stereocenters. The SMILES string of the molecule is CCCCCCCC/C=C/CCCCCC(=O)OC[C@H](COP(=O)(O)OC[C@@H](O)CO)OC(=O)CCC/C=C/C/C=C/CCCCCCCCCCC. The first-order valence-electron chi connectivity index (χ1n) is 20.9. The second-order valence-electron chi connectivity index (χ2n) is 14.0. The summed E-state index contributed by atoms with van der Waals surface area (Å²) >= 11 is 0. The van der Waals surface area contributed by atoms with Gasteiger partial charge in [0.2, 0.25) is 0 Å². The Morgan fingerprint density at radius 3 is 1.53 bits per heavy atom. The Morgan fingerprint density at radius 2 is 1.00 bits per heavy atom.